The van der Waals surface area contributed by atoms with E-state index in [9.17, 15) is 9.59 Å². The third kappa shape index (κ3) is 3.52. The van der Waals surface area contributed by atoms with Crippen LogP contribution in [0.15, 0.2) is 96.2 Å². The Hall–Kier alpha value is -3.66. The number of benzene rings is 3. The minimum Gasteiger partial charge on any atom is -0.357 e. The van der Waals surface area contributed by atoms with Crippen LogP contribution in [0.2, 0.25) is 0 Å². The number of carbonyl (C=O) groups is 2. The van der Waals surface area contributed by atoms with Crippen LogP contribution in [0.3, 0.4) is 0 Å². The normalized spacial score (nSPS) is 20.2. The summed E-state index contributed by atoms with van der Waals surface area (Å²) in [5.74, 6) is 0.218. The number of para-hydroxylation sites is 2. The molecule has 0 bridgehead atoms. The Balaban J connectivity index is 1.71. The van der Waals surface area contributed by atoms with Gasteiger partial charge < -0.3 is 5.32 Å². The molecule has 0 spiro atoms. The first kappa shape index (κ1) is 20.3. The van der Waals surface area contributed by atoms with Crippen molar-refractivity contribution in [2.24, 2.45) is 0 Å². The molecule has 1 heterocycles. The number of rotatable bonds is 3. The standard InChI is InChI=1S/C28H26N2O2/c1-2-26(32)30-24-16-10-9-15-22(24)29-23-17-21(19-11-5-3-6-12-19)18-25(31)27(23)28(30)20-13-7-4-8-14-20/h3-16,21,28-29H,2,17-18H2,1H3/t21-,28+/m1/s1. The van der Waals surface area contributed by atoms with Gasteiger partial charge in [0.05, 0.1) is 17.4 Å². The van der Waals surface area contributed by atoms with Crippen LogP contribution in [0.5, 0.6) is 0 Å². The topological polar surface area (TPSA) is 49.4 Å². The molecule has 1 N–H and O–H groups in total. The van der Waals surface area contributed by atoms with Crippen LogP contribution in [0.1, 0.15) is 49.3 Å². The highest BCUT2D eigenvalue weighted by Gasteiger charge is 2.41. The molecule has 4 nitrogen and oxygen atoms in total. The number of nitrogens with zero attached hydrogens (tertiary/aromatic N) is 1. The molecular formula is C28H26N2O2. The van der Waals surface area contributed by atoms with Gasteiger partial charge in [0.1, 0.15) is 0 Å². The molecular weight excluding hydrogens is 396 g/mol. The first-order chi connectivity index (χ1) is 15.7. The smallest absolute Gasteiger partial charge is 0.227 e. The quantitative estimate of drug-likeness (QED) is 0.563. The van der Waals surface area contributed by atoms with E-state index in [1.807, 2.05) is 84.6 Å². The lowest BCUT2D eigenvalue weighted by Gasteiger charge is -2.35. The van der Waals surface area contributed by atoms with Crippen LogP contribution in [-0.4, -0.2) is 11.7 Å². The van der Waals surface area contributed by atoms with Crippen LogP contribution in [-0.2, 0) is 9.59 Å². The molecule has 1 amide bonds. The number of hydrogen-bond donors (Lipinski definition) is 1. The van der Waals surface area contributed by atoms with Crippen LogP contribution in [0, 0.1) is 0 Å². The number of nitrogens with one attached hydrogen (secondary N) is 1. The predicted molar refractivity (Wildman–Crippen MR) is 127 cm³/mol. The minimum absolute atomic E-state index is 0.000152. The second kappa shape index (κ2) is 8.46. The third-order valence-corrected chi connectivity index (χ3v) is 6.45. The molecule has 0 fully saturated rings. The summed E-state index contributed by atoms with van der Waals surface area (Å²) in [5, 5.41) is 3.57. The summed E-state index contributed by atoms with van der Waals surface area (Å²) in [7, 11) is 0. The van der Waals surface area contributed by atoms with Crippen molar-refractivity contribution in [1.82, 2.24) is 0 Å². The fraction of sp³-hybridized carbons (Fsp3) is 0.214. The zero-order valence-corrected chi connectivity index (χ0v) is 18.1. The van der Waals surface area contributed by atoms with E-state index >= 15 is 0 Å². The second-order valence-corrected chi connectivity index (χ2v) is 8.40. The molecule has 1 aliphatic heterocycles. The van der Waals surface area contributed by atoms with Gasteiger partial charge in [-0.25, -0.2) is 0 Å². The number of ketones is 1. The lowest BCUT2D eigenvalue weighted by molar-refractivity contribution is -0.119. The lowest BCUT2D eigenvalue weighted by Crippen LogP contribution is -2.38. The van der Waals surface area contributed by atoms with Gasteiger partial charge in [0.15, 0.2) is 5.78 Å². The zero-order chi connectivity index (χ0) is 22.1. The van der Waals surface area contributed by atoms with Crippen LogP contribution >= 0.6 is 0 Å². The molecule has 0 saturated heterocycles. The number of anilines is 2. The molecule has 5 rings (SSSR count). The van der Waals surface area contributed by atoms with Gasteiger partial charge in [0.2, 0.25) is 5.91 Å². The van der Waals surface area contributed by atoms with Crippen molar-refractivity contribution in [3.05, 3.63) is 107 Å². The Labute approximate surface area is 188 Å². The van der Waals surface area contributed by atoms with Gasteiger partial charge in [-0.1, -0.05) is 79.7 Å². The first-order valence-corrected chi connectivity index (χ1v) is 11.2. The molecule has 160 valence electrons. The van der Waals surface area contributed by atoms with Crippen molar-refractivity contribution in [3.8, 4) is 0 Å². The van der Waals surface area contributed by atoms with Crippen molar-refractivity contribution in [1.29, 1.82) is 0 Å². The highest BCUT2D eigenvalue weighted by Crippen LogP contribution is 2.47. The molecule has 4 heteroatoms. The summed E-state index contributed by atoms with van der Waals surface area (Å²) in [4.78, 5) is 28.8. The van der Waals surface area contributed by atoms with Crippen molar-refractivity contribution in [2.45, 2.75) is 38.1 Å². The summed E-state index contributed by atoms with van der Waals surface area (Å²) < 4.78 is 0. The Kier molecular flexibility index (Phi) is 5.36. The molecule has 2 atom stereocenters. The Morgan fingerprint density at radius 3 is 2.19 bits per heavy atom. The van der Waals surface area contributed by atoms with Gasteiger partial charge in [0.25, 0.3) is 0 Å². The van der Waals surface area contributed by atoms with E-state index in [1.54, 1.807) is 0 Å². The highest BCUT2D eigenvalue weighted by molar-refractivity contribution is 6.06. The van der Waals surface area contributed by atoms with Crippen LogP contribution < -0.4 is 10.2 Å². The number of allylic oxidation sites excluding steroid dienone is 1. The van der Waals surface area contributed by atoms with E-state index in [0.717, 1.165) is 29.1 Å². The molecule has 2 aliphatic rings. The molecule has 0 saturated carbocycles. The van der Waals surface area contributed by atoms with Crippen LogP contribution in [0.4, 0.5) is 11.4 Å². The number of Topliss-reactive ketones (excluding diaryl/α,β-unsaturated/α-hetero) is 1. The van der Waals surface area contributed by atoms with E-state index in [0.29, 0.717) is 18.4 Å². The summed E-state index contributed by atoms with van der Waals surface area (Å²) in [6, 6.07) is 27.5. The zero-order valence-electron chi connectivity index (χ0n) is 18.1. The summed E-state index contributed by atoms with van der Waals surface area (Å²) in [5.41, 5.74) is 5.42. The molecule has 0 unspecified atom stereocenters. The summed E-state index contributed by atoms with van der Waals surface area (Å²) >= 11 is 0. The Bertz CT molecular complexity index is 1180. The Morgan fingerprint density at radius 2 is 1.50 bits per heavy atom. The van der Waals surface area contributed by atoms with E-state index in [4.69, 9.17) is 0 Å². The third-order valence-electron chi connectivity index (χ3n) is 6.45. The van der Waals surface area contributed by atoms with Crippen molar-refractivity contribution in [2.75, 3.05) is 10.2 Å². The molecule has 3 aromatic carbocycles. The maximum absolute atomic E-state index is 13.7. The summed E-state index contributed by atoms with van der Waals surface area (Å²) in [6.45, 7) is 1.87. The van der Waals surface area contributed by atoms with Gasteiger partial charge in [-0.3, -0.25) is 14.5 Å². The second-order valence-electron chi connectivity index (χ2n) is 8.40. The van der Waals surface area contributed by atoms with Crippen molar-refractivity contribution in [3.63, 3.8) is 0 Å². The fourth-order valence-electron chi connectivity index (χ4n) is 4.95. The summed E-state index contributed by atoms with van der Waals surface area (Å²) in [6.07, 6.45) is 1.54. The van der Waals surface area contributed by atoms with Crippen molar-refractivity contribution >= 4 is 23.1 Å². The van der Waals surface area contributed by atoms with Crippen molar-refractivity contribution < 1.29 is 9.59 Å². The largest absolute Gasteiger partial charge is 0.357 e. The van der Waals surface area contributed by atoms with E-state index in [1.165, 1.54) is 5.56 Å². The number of hydrogen-bond acceptors (Lipinski definition) is 3. The molecule has 0 radical (unpaired) electrons. The number of amides is 1. The van der Waals surface area contributed by atoms with Gasteiger partial charge in [-0.05, 0) is 35.6 Å². The SMILES string of the molecule is CCC(=O)N1c2ccccc2NC2=C(C(=O)C[C@H](c3ccccc3)C2)[C@@H]1c1ccccc1. The molecule has 32 heavy (non-hydrogen) atoms. The average molecular weight is 423 g/mol. The average Bonchev–Trinajstić information content (AvgIpc) is 2.99. The van der Waals surface area contributed by atoms with E-state index in [2.05, 4.69) is 17.4 Å². The Morgan fingerprint density at radius 1 is 0.875 bits per heavy atom. The van der Waals surface area contributed by atoms with E-state index < -0.39 is 6.04 Å². The molecule has 1 aliphatic carbocycles. The van der Waals surface area contributed by atoms with Gasteiger partial charge in [0, 0.05) is 24.1 Å². The first-order valence-electron chi connectivity index (χ1n) is 11.2. The fourth-order valence-corrected chi connectivity index (χ4v) is 4.95. The monoisotopic (exact) mass is 422 g/mol. The maximum Gasteiger partial charge on any atom is 0.227 e. The van der Waals surface area contributed by atoms with E-state index in [-0.39, 0.29) is 17.6 Å². The lowest BCUT2D eigenvalue weighted by atomic mass is 9.78. The number of fused-ring (bicyclic) bond motifs is 1. The van der Waals surface area contributed by atoms with Crippen LogP contribution in [0.25, 0.3) is 0 Å². The minimum atomic E-state index is -0.445. The maximum atomic E-state index is 13.7. The van der Waals surface area contributed by atoms with Gasteiger partial charge in [-0.2, -0.15) is 0 Å². The number of carbonyl (C=O) groups excluding carboxylic acids is 2. The predicted octanol–water partition coefficient (Wildman–Crippen LogP) is 6.00. The highest BCUT2D eigenvalue weighted by atomic mass is 16.2. The molecule has 3 aromatic rings. The van der Waals surface area contributed by atoms with Gasteiger partial charge in [-0.15, -0.1) is 0 Å². The molecule has 0 aromatic heterocycles. The van der Waals surface area contributed by atoms with Gasteiger partial charge >= 0.3 is 0 Å².